The number of nitrogens with two attached hydrogens (primary N) is 1. The summed E-state index contributed by atoms with van der Waals surface area (Å²) in [7, 11) is 1.64. The lowest BCUT2D eigenvalue weighted by atomic mass is 10.0. The highest BCUT2D eigenvalue weighted by molar-refractivity contribution is 5.87. The van der Waals surface area contributed by atoms with Gasteiger partial charge in [0.05, 0.1) is 7.11 Å². The van der Waals surface area contributed by atoms with Gasteiger partial charge in [0.25, 0.3) is 0 Å². The van der Waals surface area contributed by atoms with E-state index in [-0.39, 0.29) is 5.54 Å². The van der Waals surface area contributed by atoms with Gasteiger partial charge in [-0.25, -0.2) is 4.98 Å². The normalized spacial score (nSPS) is 17.4. The fraction of sp³-hybridized carbons (Fsp3) is 0.308. The average molecular weight is 214 g/mol. The Kier molecular flexibility index (Phi) is 1.91. The number of benzene rings is 1. The van der Waals surface area contributed by atoms with Gasteiger partial charge >= 0.3 is 0 Å². The number of methoxy groups -OCH3 is 1. The smallest absolute Gasteiger partial charge is 0.221 e. The lowest BCUT2D eigenvalue weighted by Gasteiger charge is -2.11. The Morgan fingerprint density at radius 2 is 2.12 bits per heavy atom. The van der Waals surface area contributed by atoms with Crippen molar-refractivity contribution < 1.29 is 4.74 Å². The largest absolute Gasteiger partial charge is 0.481 e. The number of fused-ring (bicyclic) bond motifs is 1. The van der Waals surface area contributed by atoms with Crippen LogP contribution in [0.3, 0.4) is 0 Å². The Labute approximate surface area is 94.2 Å². The van der Waals surface area contributed by atoms with E-state index in [4.69, 9.17) is 10.5 Å². The lowest BCUT2D eigenvalue weighted by Crippen LogP contribution is -2.18. The van der Waals surface area contributed by atoms with Crippen LogP contribution in [0, 0.1) is 0 Å². The van der Waals surface area contributed by atoms with Crippen molar-refractivity contribution in [1.29, 1.82) is 0 Å². The molecule has 1 aliphatic rings. The topological polar surface area (TPSA) is 48.1 Å². The molecule has 3 nitrogen and oxygen atoms in total. The Morgan fingerprint density at radius 1 is 1.31 bits per heavy atom. The zero-order valence-corrected chi connectivity index (χ0v) is 9.23. The number of rotatable bonds is 2. The number of ether oxygens (including phenoxy) is 1. The van der Waals surface area contributed by atoms with E-state index >= 15 is 0 Å². The van der Waals surface area contributed by atoms with Gasteiger partial charge in [-0.1, -0.05) is 12.1 Å². The standard InChI is InChI=1S/C13H14N2O/c1-16-12-11-8-10(13(14)5-6-13)3-2-9(11)4-7-15-12/h2-4,7-8H,5-6,14H2,1H3. The van der Waals surface area contributed by atoms with Crippen LogP contribution in [0.2, 0.25) is 0 Å². The predicted molar refractivity (Wildman–Crippen MR) is 63.4 cm³/mol. The summed E-state index contributed by atoms with van der Waals surface area (Å²) in [6.07, 6.45) is 3.90. The van der Waals surface area contributed by atoms with Crippen LogP contribution in [0.5, 0.6) is 5.88 Å². The Balaban J connectivity index is 2.22. The van der Waals surface area contributed by atoms with Gasteiger partial charge in [0.15, 0.2) is 0 Å². The highest BCUT2D eigenvalue weighted by Gasteiger charge is 2.40. The molecule has 0 radical (unpaired) electrons. The summed E-state index contributed by atoms with van der Waals surface area (Å²) in [6.45, 7) is 0. The zero-order valence-electron chi connectivity index (χ0n) is 9.23. The van der Waals surface area contributed by atoms with Gasteiger partial charge in [-0.15, -0.1) is 0 Å². The molecule has 1 aromatic carbocycles. The van der Waals surface area contributed by atoms with Gasteiger partial charge in [-0.05, 0) is 35.9 Å². The maximum absolute atomic E-state index is 6.19. The van der Waals surface area contributed by atoms with E-state index in [1.165, 1.54) is 5.56 Å². The molecule has 2 aromatic rings. The Hall–Kier alpha value is -1.61. The van der Waals surface area contributed by atoms with Crippen LogP contribution in [-0.2, 0) is 5.54 Å². The number of nitrogens with zero attached hydrogens (tertiary/aromatic N) is 1. The van der Waals surface area contributed by atoms with Gasteiger partial charge in [0.1, 0.15) is 0 Å². The van der Waals surface area contributed by atoms with Crippen molar-refractivity contribution in [2.45, 2.75) is 18.4 Å². The molecule has 16 heavy (non-hydrogen) atoms. The first-order valence-corrected chi connectivity index (χ1v) is 5.45. The van der Waals surface area contributed by atoms with Crippen molar-refractivity contribution in [2.24, 2.45) is 5.73 Å². The molecular weight excluding hydrogens is 200 g/mol. The van der Waals surface area contributed by atoms with Crippen LogP contribution in [0.4, 0.5) is 0 Å². The molecule has 3 heteroatoms. The highest BCUT2D eigenvalue weighted by atomic mass is 16.5. The van der Waals surface area contributed by atoms with Crippen molar-refractivity contribution in [1.82, 2.24) is 4.98 Å². The molecule has 0 aliphatic heterocycles. The van der Waals surface area contributed by atoms with Gasteiger partial charge in [-0.3, -0.25) is 0 Å². The van der Waals surface area contributed by atoms with Crippen LogP contribution >= 0.6 is 0 Å². The molecular formula is C13H14N2O. The summed E-state index contributed by atoms with van der Waals surface area (Å²) >= 11 is 0. The van der Waals surface area contributed by atoms with Crippen LogP contribution in [-0.4, -0.2) is 12.1 Å². The second-order valence-electron chi connectivity index (χ2n) is 4.41. The van der Waals surface area contributed by atoms with Crippen LogP contribution < -0.4 is 10.5 Å². The zero-order chi connectivity index (χ0) is 11.2. The fourth-order valence-corrected chi connectivity index (χ4v) is 2.04. The van der Waals surface area contributed by atoms with Gasteiger partial charge < -0.3 is 10.5 Å². The molecule has 1 aliphatic carbocycles. The molecule has 0 amide bonds. The van der Waals surface area contributed by atoms with Crippen molar-refractivity contribution in [3.63, 3.8) is 0 Å². The summed E-state index contributed by atoms with van der Waals surface area (Å²) in [4.78, 5) is 4.21. The molecule has 0 spiro atoms. The first kappa shape index (κ1) is 9.60. The molecule has 3 rings (SSSR count). The Morgan fingerprint density at radius 3 is 2.81 bits per heavy atom. The summed E-state index contributed by atoms with van der Waals surface area (Å²) in [5.74, 6) is 0.670. The maximum atomic E-state index is 6.19. The van der Waals surface area contributed by atoms with E-state index in [9.17, 15) is 0 Å². The molecule has 0 saturated heterocycles. The third-order valence-corrected chi connectivity index (χ3v) is 3.29. The molecule has 1 fully saturated rings. The van der Waals surface area contributed by atoms with Crippen molar-refractivity contribution in [2.75, 3.05) is 7.11 Å². The SMILES string of the molecule is COc1nccc2ccc(C3(N)CC3)cc12. The van der Waals surface area contributed by atoms with Crippen LogP contribution in [0.15, 0.2) is 30.5 Å². The van der Waals surface area contributed by atoms with E-state index in [1.807, 2.05) is 6.07 Å². The molecule has 0 bridgehead atoms. The predicted octanol–water partition coefficient (Wildman–Crippen LogP) is 2.19. The molecule has 1 heterocycles. The molecule has 82 valence electrons. The number of aromatic nitrogens is 1. The summed E-state index contributed by atoms with van der Waals surface area (Å²) < 4.78 is 5.26. The van der Waals surface area contributed by atoms with Gasteiger partial charge in [0.2, 0.25) is 5.88 Å². The summed E-state index contributed by atoms with van der Waals surface area (Å²) in [5, 5.41) is 2.18. The van der Waals surface area contributed by atoms with Crippen molar-refractivity contribution >= 4 is 10.8 Å². The van der Waals surface area contributed by atoms with Gasteiger partial charge in [-0.2, -0.15) is 0 Å². The second-order valence-corrected chi connectivity index (χ2v) is 4.41. The van der Waals surface area contributed by atoms with Crippen molar-refractivity contribution in [3.8, 4) is 5.88 Å². The molecule has 1 aromatic heterocycles. The lowest BCUT2D eigenvalue weighted by molar-refractivity contribution is 0.403. The third kappa shape index (κ3) is 1.36. The second kappa shape index (κ2) is 3.19. The average Bonchev–Trinajstić information content (AvgIpc) is 3.07. The Bertz CT molecular complexity index is 547. The van der Waals surface area contributed by atoms with E-state index in [1.54, 1.807) is 13.3 Å². The monoisotopic (exact) mass is 214 g/mol. The molecule has 2 N–H and O–H groups in total. The maximum Gasteiger partial charge on any atom is 0.221 e. The summed E-state index contributed by atoms with van der Waals surface area (Å²) in [6, 6.07) is 8.28. The van der Waals surface area contributed by atoms with E-state index in [0.717, 1.165) is 23.6 Å². The van der Waals surface area contributed by atoms with E-state index in [2.05, 4.69) is 23.2 Å². The summed E-state index contributed by atoms with van der Waals surface area (Å²) in [5.41, 5.74) is 7.27. The van der Waals surface area contributed by atoms with Gasteiger partial charge in [0, 0.05) is 17.1 Å². The van der Waals surface area contributed by atoms with Crippen LogP contribution in [0.1, 0.15) is 18.4 Å². The molecule has 0 unspecified atom stereocenters. The van der Waals surface area contributed by atoms with E-state index in [0.29, 0.717) is 5.88 Å². The minimum absolute atomic E-state index is 0.102. The fourth-order valence-electron chi connectivity index (χ4n) is 2.04. The number of hydrogen-bond acceptors (Lipinski definition) is 3. The number of hydrogen-bond donors (Lipinski definition) is 1. The van der Waals surface area contributed by atoms with Crippen LogP contribution in [0.25, 0.3) is 10.8 Å². The minimum Gasteiger partial charge on any atom is -0.481 e. The minimum atomic E-state index is -0.102. The molecule has 1 saturated carbocycles. The first-order valence-electron chi connectivity index (χ1n) is 5.45. The van der Waals surface area contributed by atoms with E-state index < -0.39 is 0 Å². The quantitative estimate of drug-likeness (QED) is 0.833. The third-order valence-electron chi connectivity index (χ3n) is 3.29. The first-order chi connectivity index (χ1) is 7.73. The van der Waals surface area contributed by atoms with Crippen molar-refractivity contribution in [3.05, 3.63) is 36.0 Å². The molecule has 0 atom stereocenters. The number of pyridine rings is 1. The highest BCUT2D eigenvalue weighted by Crippen LogP contribution is 2.43.